The van der Waals surface area contributed by atoms with Crippen LogP contribution in [-0.2, 0) is 16.6 Å². The number of thioether (sulfide) groups is 1. The highest BCUT2D eigenvalue weighted by Gasteiger charge is 2.21. The van der Waals surface area contributed by atoms with Gasteiger partial charge in [0.05, 0.1) is 23.4 Å². The Bertz CT molecular complexity index is 1150. The normalized spacial score (nSPS) is 11.8. The summed E-state index contributed by atoms with van der Waals surface area (Å²) in [7, 11) is 3.08. The van der Waals surface area contributed by atoms with E-state index in [0.717, 1.165) is 4.88 Å². The Morgan fingerprint density at radius 1 is 1.28 bits per heavy atom. The molecule has 1 aromatic carbocycles. The molecule has 1 atom stereocenters. The van der Waals surface area contributed by atoms with E-state index < -0.39 is 12.1 Å². The van der Waals surface area contributed by atoms with Crippen LogP contribution < -0.4 is 10.1 Å². The van der Waals surface area contributed by atoms with Crippen molar-refractivity contribution in [3.63, 3.8) is 0 Å². The zero-order chi connectivity index (χ0) is 23.4. The predicted octanol–water partition coefficient (Wildman–Crippen LogP) is 5.15. The predicted molar refractivity (Wildman–Crippen MR) is 126 cm³/mol. The number of carbonyl (C=O) groups is 2. The Morgan fingerprint density at radius 3 is 2.75 bits per heavy atom. The highest BCUT2D eigenvalue weighted by Crippen LogP contribution is 2.32. The number of rotatable bonds is 8. The summed E-state index contributed by atoms with van der Waals surface area (Å²) in [6.07, 6.45) is -0.455. The van der Waals surface area contributed by atoms with Crippen LogP contribution >= 0.6 is 46.3 Å². The van der Waals surface area contributed by atoms with Crippen molar-refractivity contribution in [3.8, 4) is 5.75 Å². The van der Waals surface area contributed by atoms with Crippen molar-refractivity contribution in [2.24, 2.45) is 7.05 Å². The van der Waals surface area contributed by atoms with Gasteiger partial charge in [-0.3, -0.25) is 4.79 Å². The van der Waals surface area contributed by atoms with Gasteiger partial charge in [-0.1, -0.05) is 35.0 Å². The second-order valence-corrected chi connectivity index (χ2v) is 9.71. The molecule has 12 heteroatoms. The van der Waals surface area contributed by atoms with Crippen LogP contribution in [0.1, 0.15) is 34.1 Å². The molecule has 0 fully saturated rings. The lowest BCUT2D eigenvalue weighted by atomic mass is 10.3. The Balaban J connectivity index is 1.63. The van der Waals surface area contributed by atoms with Gasteiger partial charge >= 0.3 is 5.97 Å². The number of ether oxygens (including phenoxy) is 2. The number of amides is 1. The number of benzene rings is 1. The fraction of sp³-hybridized carbons (Fsp3) is 0.300. The molecule has 170 valence electrons. The molecular weight excluding hydrogens is 495 g/mol. The molecule has 2 aromatic heterocycles. The first-order valence-corrected chi connectivity index (χ1v) is 11.9. The zero-order valence-corrected chi connectivity index (χ0v) is 20.8. The van der Waals surface area contributed by atoms with Crippen LogP contribution in [-0.4, -0.2) is 39.5 Å². The number of thiophene rings is 1. The quantitative estimate of drug-likeness (QED) is 0.328. The van der Waals surface area contributed by atoms with Crippen LogP contribution in [0.4, 0.5) is 5.00 Å². The first-order valence-electron chi connectivity index (χ1n) is 9.32. The number of esters is 1. The lowest BCUT2D eigenvalue weighted by Gasteiger charge is -2.15. The number of carbonyl (C=O) groups excluding carboxylic acids is 2. The third-order valence-corrected chi connectivity index (χ3v) is 6.81. The number of aryl methyl sites for hydroxylation is 1. The standard InChI is InChI=1S/C20H20Cl2N4O4S2/c1-10-7-13(19(28)29-4)18(32-10)23-16(27)9-31-20-25-24-17(26(20)3)11(2)30-15-8-12(21)5-6-14(15)22/h5-8,11H,9H2,1-4H3,(H,23,27). The Kier molecular flexibility index (Phi) is 8.05. The molecule has 1 N–H and O–H groups in total. The SMILES string of the molecule is COC(=O)c1cc(C)sc1NC(=O)CSc1nnc(C(C)Oc2cc(Cl)ccc2Cl)n1C. The molecule has 1 unspecified atom stereocenters. The number of halogens is 2. The average molecular weight is 515 g/mol. The summed E-state index contributed by atoms with van der Waals surface area (Å²) < 4.78 is 12.4. The maximum absolute atomic E-state index is 12.4. The third-order valence-electron chi connectivity index (χ3n) is 4.28. The van der Waals surface area contributed by atoms with Crippen LogP contribution in [0.15, 0.2) is 29.4 Å². The Hall–Kier alpha value is -2.27. The third kappa shape index (κ3) is 5.74. The smallest absolute Gasteiger partial charge is 0.340 e. The Morgan fingerprint density at radius 2 is 2.03 bits per heavy atom. The van der Waals surface area contributed by atoms with E-state index in [1.165, 1.54) is 30.2 Å². The average Bonchev–Trinajstić information content (AvgIpc) is 3.30. The molecule has 2 heterocycles. The van der Waals surface area contributed by atoms with Gasteiger partial charge in [-0.15, -0.1) is 21.5 Å². The summed E-state index contributed by atoms with van der Waals surface area (Å²) in [5, 5.41) is 13.0. The first kappa shape index (κ1) is 24.4. The minimum atomic E-state index is -0.496. The van der Waals surface area contributed by atoms with E-state index in [0.29, 0.717) is 37.3 Å². The van der Waals surface area contributed by atoms with Crippen molar-refractivity contribution >= 4 is 63.2 Å². The molecule has 3 rings (SSSR count). The van der Waals surface area contributed by atoms with E-state index >= 15 is 0 Å². The molecule has 3 aromatic rings. The van der Waals surface area contributed by atoms with Crippen molar-refractivity contribution in [3.05, 3.63) is 50.6 Å². The van der Waals surface area contributed by atoms with Crippen molar-refractivity contribution in [2.45, 2.75) is 25.1 Å². The summed E-state index contributed by atoms with van der Waals surface area (Å²) in [6.45, 7) is 3.66. The number of hydrogen-bond acceptors (Lipinski definition) is 8. The molecule has 0 aliphatic heterocycles. The molecular formula is C20H20Cl2N4O4S2. The van der Waals surface area contributed by atoms with E-state index in [-0.39, 0.29) is 11.7 Å². The number of nitrogens with zero attached hydrogens (tertiary/aromatic N) is 3. The fourth-order valence-electron chi connectivity index (χ4n) is 2.78. The molecule has 0 saturated carbocycles. The van der Waals surface area contributed by atoms with Crippen molar-refractivity contribution < 1.29 is 19.1 Å². The maximum Gasteiger partial charge on any atom is 0.340 e. The summed E-state index contributed by atoms with van der Waals surface area (Å²) in [4.78, 5) is 25.2. The molecule has 8 nitrogen and oxygen atoms in total. The van der Waals surface area contributed by atoms with Gasteiger partial charge in [-0.05, 0) is 32.0 Å². The van der Waals surface area contributed by atoms with Crippen LogP contribution in [0, 0.1) is 6.92 Å². The van der Waals surface area contributed by atoms with Crippen molar-refractivity contribution in [1.29, 1.82) is 0 Å². The largest absolute Gasteiger partial charge is 0.481 e. The first-order chi connectivity index (χ1) is 15.2. The van der Waals surface area contributed by atoms with Gasteiger partial charge in [0.2, 0.25) is 5.91 Å². The van der Waals surface area contributed by atoms with Crippen LogP contribution in [0.3, 0.4) is 0 Å². The minimum Gasteiger partial charge on any atom is -0.481 e. The second kappa shape index (κ2) is 10.6. The molecule has 32 heavy (non-hydrogen) atoms. The van der Waals surface area contributed by atoms with E-state index in [2.05, 4.69) is 15.5 Å². The fourth-order valence-corrected chi connectivity index (χ4v) is 4.74. The molecule has 0 radical (unpaired) electrons. The van der Waals surface area contributed by atoms with Crippen LogP contribution in [0.25, 0.3) is 0 Å². The molecule has 1 amide bonds. The van der Waals surface area contributed by atoms with Gasteiger partial charge in [0.1, 0.15) is 10.8 Å². The van der Waals surface area contributed by atoms with Gasteiger partial charge in [-0.25, -0.2) is 4.79 Å². The van der Waals surface area contributed by atoms with Crippen LogP contribution in [0.5, 0.6) is 5.75 Å². The minimum absolute atomic E-state index is 0.0822. The van der Waals surface area contributed by atoms with E-state index in [9.17, 15) is 9.59 Å². The lowest BCUT2D eigenvalue weighted by Crippen LogP contribution is -2.16. The van der Waals surface area contributed by atoms with E-state index in [1.807, 2.05) is 13.8 Å². The zero-order valence-electron chi connectivity index (χ0n) is 17.6. The van der Waals surface area contributed by atoms with E-state index in [1.54, 1.807) is 35.9 Å². The number of methoxy groups -OCH3 is 1. The van der Waals surface area contributed by atoms with Crippen molar-refractivity contribution in [2.75, 3.05) is 18.2 Å². The molecule has 0 aliphatic rings. The highest BCUT2D eigenvalue weighted by atomic mass is 35.5. The van der Waals surface area contributed by atoms with Gasteiger partial charge in [0.25, 0.3) is 0 Å². The summed E-state index contributed by atoms with van der Waals surface area (Å²) >= 11 is 14.7. The number of aromatic nitrogens is 3. The topological polar surface area (TPSA) is 95.3 Å². The number of nitrogens with one attached hydrogen (secondary N) is 1. The summed E-state index contributed by atoms with van der Waals surface area (Å²) in [6, 6.07) is 6.64. The van der Waals surface area contributed by atoms with Gasteiger partial charge in [0.15, 0.2) is 17.1 Å². The second-order valence-electron chi connectivity index (χ2n) is 6.66. The lowest BCUT2D eigenvalue weighted by molar-refractivity contribution is -0.113. The molecule has 0 saturated heterocycles. The molecule has 0 bridgehead atoms. The number of anilines is 1. The highest BCUT2D eigenvalue weighted by molar-refractivity contribution is 7.99. The molecule has 0 aliphatic carbocycles. The Labute approximate surface area is 203 Å². The monoisotopic (exact) mass is 514 g/mol. The summed E-state index contributed by atoms with van der Waals surface area (Å²) in [5.74, 6) is 0.311. The van der Waals surface area contributed by atoms with Crippen LogP contribution in [0.2, 0.25) is 10.0 Å². The van der Waals surface area contributed by atoms with Gasteiger partial charge in [-0.2, -0.15) is 0 Å². The molecule has 0 spiro atoms. The maximum atomic E-state index is 12.4. The van der Waals surface area contributed by atoms with Gasteiger partial charge < -0.3 is 19.4 Å². The van der Waals surface area contributed by atoms with Crippen molar-refractivity contribution in [1.82, 2.24) is 14.8 Å². The van der Waals surface area contributed by atoms with E-state index in [4.69, 9.17) is 32.7 Å². The summed E-state index contributed by atoms with van der Waals surface area (Å²) in [5.41, 5.74) is 0.333. The number of hydrogen-bond donors (Lipinski definition) is 1. The van der Waals surface area contributed by atoms with Gasteiger partial charge in [0, 0.05) is 23.0 Å².